The molecule has 0 saturated carbocycles. The summed E-state index contributed by atoms with van der Waals surface area (Å²) in [6.45, 7) is 7.28. The van der Waals surface area contributed by atoms with Crippen molar-refractivity contribution in [1.29, 1.82) is 0 Å². The molecule has 0 spiro atoms. The van der Waals surface area contributed by atoms with E-state index >= 15 is 0 Å². The second kappa shape index (κ2) is 11.3. The zero-order valence-corrected chi connectivity index (χ0v) is 18.4. The minimum Gasteiger partial charge on any atom is -0.388 e. The van der Waals surface area contributed by atoms with E-state index in [1.54, 1.807) is 11.8 Å². The number of benzene rings is 1. The number of nitrogens with zero attached hydrogens (tertiary/aromatic N) is 1. The highest BCUT2D eigenvalue weighted by atomic mass is 127. The van der Waals surface area contributed by atoms with Gasteiger partial charge in [0.15, 0.2) is 5.96 Å². The van der Waals surface area contributed by atoms with Crippen molar-refractivity contribution < 1.29 is 9.84 Å². The lowest BCUT2D eigenvalue weighted by molar-refractivity contribution is -0.0594. The van der Waals surface area contributed by atoms with Crippen molar-refractivity contribution in [3.8, 4) is 0 Å². The number of rotatable bonds is 6. The summed E-state index contributed by atoms with van der Waals surface area (Å²) >= 11 is 1.75. The molecule has 0 aliphatic carbocycles. The lowest BCUT2D eigenvalue weighted by atomic mass is 9.94. The fourth-order valence-corrected chi connectivity index (χ4v) is 3.36. The molecule has 1 aliphatic rings. The molecule has 0 atom stereocenters. The fraction of sp³-hybridized carbons (Fsp3) is 0.611. The van der Waals surface area contributed by atoms with Crippen LogP contribution in [-0.2, 0) is 11.3 Å². The van der Waals surface area contributed by atoms with Crippen LogP contribution in [0.25, 0.3) is 0 Å². The van der Waals surface area contributed by atoms with Gasteiger partial charge >= 0.3 is 0 Å². The molecule has 7 heteroatoms. The summed E-state index contributed by atoms with van der Waals surface area (Å²) in [5.41, 5.74) is 1.77. The van der Waals surface area contributed by atoms with Crippen LogP contribution in [0.5, 0.6) is 0 Å². The van der Waals surface area contributed by atoms with E-state index in [4.69, 9.17) is 4.74 Å². The Morgan fingerprint density at radius 2 is 2.04 bits per heavy atom. The van der Waals surface area contributed by atoms with E-state index in [1.165, 1.54) is 16.0 Å². The third kappa shape index (κ3) is 7.32. The molecule has 2 rings (SSSR count). The van der Waals surface area contributed by atoms with Crippen LogP contribution < -0.4 is 10.6 Å². The number of hydrogen-bond donors (Lipinski definition) is 3. The molecule has 142 valence electrons. The smallest absolute Gasteiger partial charge is 0.191 e. The second-order valence-corrected chi connectivity index (χ2v) is 7.05. The van der Waals surface area contributed by atoms with E-state index in [9.17, 15) is 5.11 Å². The third-order valence-electron chi connectivity index (χ3n) is 4.20. The number of thioether (sulfide) groups is 1. The van der Waals surface area contributed by atoms with Crippen molar-refractivity contribution in [2.24, 2.45) is 4.99 Å². The van der Waals surface area contributed by atoms with Crippen molar-refractivity contribution in [3.63, 3.8) is 0 Å². The number of guanidine groups is 1. The average molecular weight is 479 g/mol. The van der Waals surface area contributed by atoms with Gasteiger partial charge in [-0.15, -0.1) is 35.7 Å². The quantitative estimate of drug-likeness (QED) is 0.254. The van der Waals surface area contributed by atoms with Gasteiger partial charge in [0.2, 0.25) is 0 Å². The van der Waals surface area contributed by atoms with Crippen LogP contribution in [0.15, 0.2) is 28.1 Å². The Morgan fingerprint density at radius 3 is 2.68 bits per heavy atom. The highest BCUT2D eigenvalue weighted by Crippen LogP contribution is 2.22. The number of nitrogens with one attached hydrogen (secondary N) is 2. The van der Waals surface area contributed by atoms with Crippen LogP contribution in [0.1, 0.15) is 30.9 Å². The summed E-state index contributed by atoms with van der Waals surface area (Å²) in [7, 11) is 0. The molecular formula is C18H30IN3O2S. The molecule has 1 aliphatic heterocycles. The maximum atomic E-state index is 10.6. The summed E-state index contributed by atoms with van der Waals surface area (Å²) in [5.74, 6) is 0.741. The molecule has 5 nitrogen and oxygen atoms in total. The minimum atomic E-state index is -0.706. The highest BCUT2D eigenvalue weighted by molar-refractivity contribution is 14.0. The number of aliphatic imine (C=N–C) groups is 1. The molecular weight excluding hydrogens is 449 g/mol. The molecule has 1 saturated heterocycles. The van der Waals surface area contributed by atoms with Crippen molar-refractivity contribution in [3.05, 3.63) is 29.3 Å². The first-order valence-corrected chi connectivity index (χ1v) is 9.74. The Morgan fingerprint density at radius 1 is 1.32 bits per heavy atom. The van der Waals surface area contributed by atoms with Crippen LogP contribution >= 0.6 is 35.7 Å². The van der Waals surface area contributed by atoms with E-state index in [-0.39, 0.29) is 24.0 Å². The van der Waals surface area contributed by atoms with Gasteiger partial charge in [-0.25, -0.2) is 4.99 Å². The SMILES string of the molecule is CCNC(=NCc1ccc(C)cc1SC)NCC1(O)CCOCC1.I. The monoisotopic (exact) mass is 479 g/mol. The molecule has 1 aromatic rings. The Bertz CT molecular complexity index is 563. The Kier molecular flexibility index (Phi) is 10.1. The van der Waals surface area contributed by atoms with Gasteiger partial charge in [-0.2, -0.15) is 0 Å². The average Bonchev–Trinajstić information content (AvgIpc) is 2.58. The van der Waals surface area contributed by atoms with Gasteiger partial charge in [-0.05, 0) is 37.3 Å². The van der Waals surface area contributed by atoms with Gasteiger partial charge in [0.05, 0.1) is 12.1 Å². The third-order valence-corrected chi connectivity index (χ3v) is 5.02. The van der Waals surface area contributed by atoms with Gasteiger partial charge in [0.25, 0.3) is 0 Å². The molecule has 0 unspecified atom stereocenters. The van der Waals surface area contributed by atoms with E-state index < -0.39 is 5.60 Å². The second-order valence-electron chi connectivity index (χ2n) is 6.20. The van der Waals surface area contributed by atoms with Crippen LogP contribution in [0.4, 0.5) is 0 Å². The lowest BCUT2D eigenvalue weighted by Gasteiger charge is -2.32. The van der Waals surface area contributed by atoms with Crippen LogP contribution in [0.3, 0.4) is 0 Å². The van der Waals surface area contributed by atoms with Gasteiger partial charge in [-0.1, -0.05) is 12.1 Å². The summed E-state index contributed by atoms with van der Waals surface area (Å²) in [6.07, 6.45) is 3.41. The first-order valence-electron chi connectivity index (χ1n) is 8.52. The summed E-state index contributed by atoms with van der Waals surface area (Å²) in [4.78, 5) is 5.94. The lowest BCUT2D eigenvalue weighted by Crippen LogP contribution is -2.49. The topological polar surface area (TPSA) is 65.9 Å². The molecule has 25 heavy (non-hydrogen) atoms. The van der Waals surface area contributed by atoms with E-state index in [1.807, 2.05) is 6.92 Å². The molecule has 0 bridgehead atoms. The van der Waals surface area contributed by atoms with E-state index in [2.05, 4.69) is 47.0 Å². The van der Waals surface area contributed by atoms with Crippen LogP contribution in [-0.4, -0.2) is 49.2 Å². The maximum Gasteiger partial charge on any atom is 0.191 e. The normalized spacial score (nSPS) is 16.9. The molecule has 1 heterocycles. The zero-order chi connectivity index (χ0) is 17.4. The first-order chi connectivity index (χ1) is 11.6. The maximum absolute atomic E-state index is 10.6. The van der Waals surface area contributed by atoms with Crippen molar-refractivity contribution in [1.82, 2.24) is 10.6 Å². The van der Waals surface area contributed by atoms with E-state index in [0.717, 1.165) is 12.5 Å². The molecule has 1 aromatic carbocycles. The molecule has 1 fully saturated rings. The number of aliphatic hydroxyl groups is 1. The molecule has 0 aromatic heterocycles. The van der Waals surface area contributed by atoms with Crippen molar-refractivity contribution in [2.75, 3.05) is 32.6 Å². The highest BCUT2D eigenvalue weighted by Gasteiger charge is 2.29. The van der Waals surface area contributed by atoms with Crippen LogP contribution in [0, 0.1) is 6.92 Å². The van der Waals surface area contributed by atoms with Gasteiger partial charge < -0.3 is 20.5 Å². The van der Waals surface area contributed by atoms with Crippen LogP contribution in [0.2, 0.25) is 0 Å². The van der Waals surface area contributed by atoms with Gasteiger partial charge in [0, 0.05) is 44.0 Å². The minimum absolute atomic E-state index is 0. The van der Waals surface area contributed by atoms with Crippen molar-refractivity contribution >= 4 is 41.7 Å². The first kappa shape index (κ1) is 22.5. The van der Waals surface area contributed by atoms with Crippen molar-refractivity contribution in [2.45, 2.75) is 43.7 Å². The number of hydrogen-bond acceptors (Lipinski definition) is 4. The number of halogens is 1. The summed E-state index contributed by atoms with van der Waals surface area (Å²) in [5, 5.41) is 17.1. The Labute approximate surface area is 172 Å². The molecule has 3 N–H and O–H groups in total. The zero-order valence-electron chi connectivity index (χ0n) is 15.3. The summed E-state index contributed by atoms with van der Waals surface area (Å²) in [6, 6.07) is 6.45. The molecule has 0 radical (unpaired) electrons. The number of aryl methyl sites for hydroxylation is 1. The predicted molar refractivity (Wildman–Crippen MR) is 116 cm³/mol. The number of ether oxygens (including phenoxy) is 1. The summed E-state index contributed by atoms with van der Waals surface area (Å²) < 4.78 is 5.32. The predicted octanol–water partition coefficient (Wildman–Crippen LogP) is 2.93. The standard InChI is InChI=1S/C18H29N3O2S.HI/c1-4-19-17(21-13-18(22)7-9-23-10-8-18)20-12-15-6-5-14(2)11-16(15)24-3;/h5-6,11,22H,4,7-10,12-13H2,1-3H3,(H2,19,20,21);1H. The fourth-order valence-electron chi connectivity index (χ4n) is 2.66. The molecule has 0 amide bonds. The Balaban J connectivity index is 0.00000312. The van der Waals surface area contributed by atoms with Gasteiger partial charge in [-0.3, -0.25) is 0 Å². The van der Waals surface area contributed by atoms with Gasteiger partial charge in [0.1, 0.15) is 0 Å². The largest absolute Gasteiger partial charge is 0.388 e. The van der Waals surface area contributed by atoms with E-state index in [0.29, 0.717) is 39.1 Å². The Hall–Kier alpha value is -0.510.